The smallest absolute Gasteiger partial charge is 0.0954 e. The Kier molecular flexibility index (Phi) is 4.74. The first-order valence-corrected chi connectivity index (χ1v) is 9.02. The van der Waals surface area contributed by atoms with E-state index in [1.165, 1.54) is 55.9 Å². The van der Waals surface area contributed by atoms with Crippen molar-refractivity contribution in [2.45, 2.75) is 70.5 Å². The van der Waals surface area contributed by atoms with Crippen molar-refractivity contribution >= 4 is 11.3 Å². The van der Waals surface area contributed by atoms with Gasteiger partial charge in [-0.05, 0) is 32.2 Å². The van der Waals surface area contributed by atoms with E-state index in [9.17, 15) is 0 Å². The maximum absolute atomic E-state index is 4.81. The minimum Gasteiger partial charge on any atom is -0.313 e. The van der Waals surface area contributed by atoms with Crippen LogP contribution in [0.3, 0.4) is 0 Å². The van der Waals surface area contributed by atoms with Crippen molar-refractivity contribution in [1.82, 2.24) is 15.2 Å². The van der Waals surface area contributed by atoms with Gasteiger partial charge in [0.2, 0.25) is 0 Å². The first kappa shape index (κ1) is 14.5. The normalized spacial score (nSPS) is 23.7. The van der Waals surface area contributed by atoms with Gasteiger partial charge in [0.05, 0.1) is 10.7 Å². The Hall–Kier alpha value is -0.450. The summed E-state index contributed by atoms with van der Waals surface area (Å²) in [6.07, 6.45) is 6.85. The summed E-state index contributed by atoms with van der Waals surface area (Å²) in [6, 6.07) is 1.52. The molecule has 0 radical (unpaired) electrons. The highest BCUT2D eigenvalue weighted by Crippen LogP contribution is 2.30. The molecule has 1 N–H and O–H groups in total. The van der Waals surface area contributed by atoms with Gasteiger partial charge < -0.3 is 5.32 Å². The molecule has 2 fully saturated rings. The van der Waals surface area contributed by atoms with Gasteiger partial charge in [-0.2, -0.15) is 0 Å². The second kappa shape index (κ2) is 6.54. The fourth-order valence-electron chi connectivity index (χ4n) is 3.01. The molecule has 3 rings (SSSR count). The summed E-state index contributed by atoms with van der Waals surface area (Å²) in [6.45, 7) is 7.92. The molecule has 1 saturated heterocycles. The molecule has 1 aliphatic heterocycles. The molecule has 4 heteroatoms. The number of rotatable bonds is 6. The third-order valence-electron chi connectivity index (χ3n) is 4.36. The average Bonchev–Trinajstić information content (AvgIpc) is 3.19. The van der Waals surface area contributed by atoms with Crippen LogP contribution in [0.5, 0.6) is 0 Å². The quantitative estimate of drug-likeness (QED) is 0.871. The maximum atomic E-state index is 4.81. The molecule has 1 saturated carbocycles. The van der Waals surface area contributed by atoms with Crippen molar-refractivity contribution in [1.29, 1.82) is 0 Å². The van der Waals surface area contributed by atoms with E-state index >= 15 is 0 Å². The van der Waals surface area contributed by atoms with Crippen LogP contribution in [0.1, 0.15) is 62.6 Å². The number of nitrogens with zero attached hydrogens (tertiary/aromatic N) is 2. The molecule has 1 aliphatic carbocycles. The predicted octanol–water partition coefficient (Wildman–Crippen LogP) is 3.37. The molecule has 0 aromatic carbocycles. The van der Waals surface area contributed by atoms with Crippen molar-refractivity contribution in [3.05, 3.63) is 16.1 Å². The molecule has 2 aliphatic rings. The molecule has 112 valence electrons. The fraction of sp³-hybridized carbons (Fsp3) is 0.812. The lowest BCUT2D eigenvalue weighted by Crippen LogP contribution is -2.44. The third-order valence-corrected chi connectivity index (χ3v) is 5.55. The molecule has 2 heterocycles. The SMILES string of the molecule is CC(C)c1nc(CN(CC2CCCCN2)C2CC2)cs1. The van der Waals surface area contributed by atoms with Crippen molar-refractivity contribution in [3.63, 3.8) is 0 Å². The Bertz CT molecular complexity index is 419. The van der Waals surface area contributed by atoms with E-state index < -0.39 is 0 Å². The minimum absolute atomic E-state index is 0.558. The second-order valence-electron chi connectivity index (χ2n) is 6.64. The van der Waals surface area contributed by atoms with Gasteiger partial charge in [-0.15, -0.1) is 11.3 Å². The van der Waals surface area contributed by atoms with Crippen molar-refractivity contribution < 1.29 is 0 Å². The van der Waals surface area contributed by atoms with Crippen LogP contribution in [-0.2, 0) is 6.54 Å². The summed E-state index contributed by atoms with van der Waals surface area (Å²) in [5.74, 6) is 0.558. The number of nitrogens with one attached hydrogen (secondary N) is 1. The number of thiazole rings is 1. The number of hydrogen-bond donors (Lipinski definition) is 1. The summed E-state index contributed by atoms with van der Waals surface area (Å²) in [7, 11) is 0. The van der Waals surface area contributed by atoms with Crippen LogP contribution >= 0.6 is 11.3 Å². The first-order chi connectivity index (χ1) is 9.72. The summed E-state index contributed by atoms with van der Waals surface area (Å²) in [5.41, 5.74) is 1.28. The molecule has 0 spiro atoms. The molecule has 0 bridgehead atoms. The molecule has 3 nitrogen and oxygen atoms in total. The Morgan fingerprint density at radius 1 is 1.35 bits per heavy atom. The van der Waals surface area contributed by atoms with Crippen LogP contribution < -0.4 is 5.32 Å². The number of aromatic nitrogens is 1. The largest absolute Gasteiger partial charge is 0.313 e. The van der Waals surface area contributed by atoms with E-state index in [1.54, 1.807) is 0 Å². The Morgan fingerprint density at radius 3 is 2.80 bits per heavy atom. The molecule has 1 atom stereocenters. The van der Waals surface area contributed by atoms with Crippen molar-refractivity contribution in [2.24, 2.45) is 0 Å². The zero-order valence-electron chi connectivity index (χ0n) is 12.8. The Morgan fingerprint density at radius 2 is 2.20 bits per heavy atom. The van der Waals surface area contributed by atoms with Crippen LogP contribution in [0, 0.1) is 0 Å². The standard InChI is InChI=1S/C16H27N3S/c1-12(2)16-18-14(11-20-16)10-19(15-6-7-15)9-13-5-3-4-8-17-13/h11-13,15,17H,3-10H2,1-2H3. The molecule has 20 heavy (non-hydrogen) atoms. The topological polar surface area (TPSA) is 28.2 Å². The van der Waals surface area contributed by atoms with Gasteiger partial charge in [0.1, 0.15) is 0 Å². The lowest BCUT2D eigenvalue weighted by atomic mass is 10.0. The van der Waals surface area contributed by atoms with E-state index in [0.717, 1.165) is 12.6 Å². The third kappa shape index (κ3) is 3.80. The van der Waals surface area contributed by atoms with E-state index in [4.69, 9.17) is 4.98 Å². The highest BCUT2D eigenvalue weighted by Gasteiger charge is 2.31. The van der Waals surface area contributed by atoms with Crippen LogP contribution in [-0.4, -0.2) is 35.1 Å². The monoisotopic (exact) mass is 293 g/mol. The van der Waals surface area contributed by atoms with E-state index in [1.807, 2.05) is 11.3 Å². The second-order valence-corrected chi connectivity index (χ2v) is 7.53. The zero-order chi connectivity index (χ0) is 13.9. The van der Waals surface area contributed by atoms with Crippen LogP contribution in [0.2, 0.25) is 0 Å². The number of piperidine rings is 1. The first-order valence-electron chi connectivity index (χ1n) is 8.14. The predicted molar refractivity (Wildman–Crippen MR) is 85.3 cm³/mol. The Balaban J connectivity index is 1.58. The Labute approximate surface area is 126 Å². The summed E-state index contributed by atoms with van der Waals surface area (Å²) >= 11 is 1.82. The van der Waals surface area contributed by atoms with E-state index in [-0.39, 0.29) is 0 Å². The molecule has 0 amide bonds. The van der Waals surface area contributed by atoms with E-state index in [0.29, 0.717) is 12.0 Å². The minimum atomic E-state index is 0.558. The molecule has 1 aromatic rings. The lowest BCUT2D eigenvalue weighted by molar-refractivity contribution is 0.206. The summed E-state index contributed by atoms with van der Waals surface area (Å²) < 4.78 is 0. The highest BCUT2D eigenvalue weighted by molar-refractivity contribution is 7.09. The fourth-order valence-corrected chi connectivity index (χ4v) is 3.84. The van der Waals surface area contributed by atoms with Gasteiger partial charge in [-0.25, -0.2) is 4.98 Å². The lowest BCUT2D eigenvalue weighted by Gasteiger charge is -2.30. The molecule has 1 unspecified atom stereocenters. The van der Waals surface area contributed by atoms with Gasteiger partial charge in [-0.3, -0.25) is 4.90 Å². The summed E-state index contributed by atoms with van der Waals surface area (Å²) in [5, 5.41) is 7.23. The van der Waals surface area contributed by atoms with Gasteiger partial charge in [0.15, 0.2) is 0 Å². The average molecular weight is 293 g/mol. The van der Waals surface area contributed by atoms with Crippen molar-refractivity contribution in [2.75, 3.05) is 13.1 Å². The van der Waals surface area contributed by atoms with Crippen LogP contribution in [0.4, 0.5) is 0 Å². The highest BCUT2D eigenvalue weighted by atomic mass is 32.1. The zero-order valence-corrected chi connectivity index (χ0v) is 13.6. The molecular formula is C16H27N3S. The van der Waals surface area contributed by atoms with Gasteiger partial charge in [-0.1, -0.05) is 20.3 Å². The van der Waals surface area contributed by atoms with Crippen molar-refractivity contribution in [3.8, 4) is 0 Å². The van der Waals surface area contributed by atoms with Gasteiger partial charge in [0.25, 0.3) is 0 Å². The molecular weight excluding hydrogens is 266 g/mol. The summed E-state index contributed by atoms with van der Waals surface area (Å²) in [4.78, 5) is 7.48. The van der Waals surface area contributed by atoms with Crippen LogP contribution in [0.25, 0.3) is 0 Å². The van der Waals surface area contributed by atoms with Gasteiger partial charge in [0, 0.05) is 36.5 Å². The maximum Gasteiger partial charge on any atom is 0.0954 e. The molecule has 1 aromatic heterocycles. The van der Waals surface area contributed by atoms with E-state index in [2.05, 4.69) is 29.4 Å². The van der Waals surface area contributed by atoms with Crippen LogP contribution in [0.15, 0.2) is 5.38 Å². The van der Waals surface area contributed by atoms with Gasteiger partial charge >= 0.3 is 0 Å². The number of hydrogen-bond acceptors (Lipinski definition) is 4.